The van der Waals surface area contributed by atoms with E-state index >= 15 is 0 Å². The van der Waals surface area contributed by atoms with Crippen molar-refractivity contribution in [2.24, 2.45) is 5.73 Å². The number of carbonyl (C=O) groups excluding carboxylic acids is 1. The molecule has 2 aromatic carbocycles. The summed E-state index contributed by atoms with van der Waals surface area (Å²) in [6, 6.07) is 11.2. The Labute approximate surface area is 116 Å². The van der Waals surface area contributed by atoms with Gasteiger partial charge in [-0.05, 0) is 23.8 Å². The topological polar surface area (TPSA) is 78.3 Å². The number of rotatable bonds is 3. The Kier molecular flexibility index (Phi) is 4.00. The maximum Gasteiger partial charge on any atom is 0.304 e. The average molecular weight is 274 g/mol. The lowest BCUT2D eigenvalue weighted by Gasteiger charge is -2.17. The van der Waals surface area contributed by atoms with Gasteiger partial charge < -0.3 is 10.5 Å². The average Bonchev–Trinajstić information content (AvgIpc) is 2.41. The van der Waals surface area contributed by atoms with E-state index in [-0.39, 0.29) is 0 Å². The first-order chi connectivity index (χ1) is 9.49. The van der Waals surface area contributed by atoms with Gasteiger partial charge in [-0.1, -0.05) is 24.3 Å². The largest absolute Gasteiger partial charge is 0.443 e. The predicted octanol–water partition coefficient (Wildman–Crippen LogP) is 2.60. The van der Waals surface area contributed by atoms with Crippen molar-refractivity contribution in [2.45, 2.75) is 13.2 Å². The van der Waals surface area contributed by atoms with Gasteiger partial charge in [0.05, 0.1) is 0 Å². The van der Waals surface area contributed by atoms with Gasteiger partial charge in [-0.3, -0.25) is 10.5 Å². The minimum Gasteiger partial charge on any atom is -0.443 e. The molecule has 2 aromatic rings. The fraction of sp³-hybridized carbons (Fsp3) is 0.133. The van der Waals surface area contributed by atoms with Crippen LogP contribution in [0.2, 0.25) is 0 Å². The Morgan fingerprint density at radius 3 is 2.60 bits per heavy atom. The Morgan fingerprint density at radius 2 is 1.90 bits per heavy atom. The second-order valence-corrected chi connectivity index (χ2v) is 4.36. The minimum atomic E-state index is -0.954. The number of halogens is 1. The van der Waals surface area contributed by atoms with Gasteiger partial charge in [0, 0.05) is 23.7 Å². The SMILES string of the molecule is CC(=O)OC(N)c1ccccc1-c1cc(N)ccc1F. The quantitative estimate of drug-likeness (QED) is 0.512. The number of carbonyl (C=O) groups is 1. The maximum atomic E-state index is 14.0. The van der Waals surface area contributed by atoms with Crippen LogP contribution in [0.25, 0.3) is 11.1 Å². The van der Waals surface area contributed by atoms with Crippen LogP contribution in [0.5, 0.6) is 0 Å². The lowest BCUT2D eigenvalue weighted by Crippen LogP contribution is -2.18. The van der Waals surface area contributed by atoms with Crippen LogP contribution in [0, 0.1) is 5.82 Å². The molecular weight excluding hydrogens is 259 g/mol. The van der Waals surface area contributed by atoms with Crippen LogP contribution in [0.4, 0.5) is 10.1 Å². The van der Waals surface area contributed by atoms with Crippen molar-refractivity contribution in [1.29, 1.82) is 0 Å². The van der Waals surface area contributed by atoms with Crippen molar-refractivity contribution >= 4 is 11.7 Å². The van der Waals surface area contributed by atoms with Crippen molar-refractivity contribution in [2.75, 3.05) is 5.73 Å². The van der Waals surface area contributed by atoms with E-state index in [1.807, 2.05) is 0 Å². The summed E-state index contributed by atoms with van der Waals surface area (Å²) in [5, 5.41) is 0. The fourth-order valence-electron chi connectivity index (χ4n) is 1.98. The first-order valence-corrected chi connectivity index (χ1v) is 6.06. The highest BCUT2D eigenvalue weighted by molar-refractivity contribution is 5.72. The number of anilines is 1. The third-order valence-electron chi connectivity index (χ3n) is 2.84. The molecule has 20 heavy (non-hydrogen) atoms. The molecule has 0 amide bonds. The van der Waals surface area contributed by atoms with E-state index in [2.05, 4.69) is 0 Å². The highest BCUT2D eigenvalue weighted by Crippen LogP contribution is 2.31. The molecule has 0 heterocycles. The second kappa shape index (κ2) is 5.71. The Balaban J connectivity index is 2.52. The van der Waals surface area contributed by atoms with E-state index in [0.717, 1.165) is 0 Å². The van der Waals surface area contributed by atoms with Crippen LogP contribution < -0.4 is 11.5 Å². The highest BCUT2D eigenvalue weighted by atomic mass is 19.1. The van der Waals surface area contributed by atoms with Crippen LogP contribution in [0.15, 0.2) is 42.5 Å². The van der Waals surface area contributed by atoms with E-state index in [0.29, 0.717) is 22.4 Å². The third kappa shape index (κ3) is 2.95. The third-order valence-corrected chi connectivity index (χ3v) is 2.84. The number of hydrogen-bond acceptors (Lipinski definition) is 4. The Hall–Kier alpha value is -2.40. The molecular formula is C15H15FN2O2. The number of ether oxygens (including phenoxy) is 1. The molecule has 1 atom stereocenters. The monoisotopic (exact) mass is 274 g/mol. The van der Waals surface area contributed by atoms with Crippen molar-refractivity contribution in [3.05, 3.63) is 53.8 Å². The van der Waals surface area contributed by atoms with E-state index in [1.165, 1.54) is 25.1 Å². The van der Waals surface area contributed by atoms with E-state index in [4.69, 9.17) is 16.2 Å². The van der Waals surface area contributed by atoms with Crippen LogP contribution in [-0.2, 0) is 9.53 Å². The molecule has 0 saturated heterocycles. The number of hydrogen-bond donors (Lipinski definition) is 2. The number of nitrogens with two attached hydrogens (primary N) is 2. The fourth-order valence-corrected chi connectivity index (χ4v) is 1.98. The molecule has 5 heteroatoms. The molecule has 4 nitrogen and oxygen atoms in total. The number of esters is 1. The van der Waals surface area contributed by atoms with Gasteiger partial charge in [0.25, 0.3) is 0 Å². The van der Waals surface area contributed by atoms with E-state index in [9.17, 15) is 9.18 Å². The predicted molar refractivity (Wildman–Crippen MR) is 74.9 cm³/mol. The molecule has 0 saturated carbocycles. The van der Waals surface area contributed by atoms with Gasteiger partial charge in [-0.25, -0.2) is 4.39 Å². The van der Waals surface area contributed by atoms with Gasteiger partial charge in [0.2, 0.25) is 0 Å². The molecule has 0 aromatic heterocycles. The summed E-state index contributed by atoms with van der Waals surface area (Å²) in [6.07, 6.45) is -0.954. The summed E-state index contributed by atoms with van der Waals surface area (Å²) in [4.78, 5) is 11.0. The molecule has 104 valence electrons. The van der Waals surface area contributed by atoms with Crippen LogP contribution in [0.3, 0.4) is 0 Å². The molecule has 0 spiro atoms. The normalized spacial score (nSPS) is 11.9. The molecule has 0 aliphatic carbocycles. The molecule has 0 aliphatic heterocycles. The zero-order chi connectivity index (χ0) is 14.7. The van der Waals surface area contributed by atoms with Crippen LogP contribution >= 0.6 is 0 Å². The molecule has 1 unspecified atom stereocenters. The van der Waals surface area contributed by atoms with Gasteiger partial charge in [0.15, 0.2) is 6.23 Å². The van der Waals surface area contributed by atoms with Gasteiger partial charge >= 0.3 is 5.97 Å². The smallest absolute Gasteiger partial charge is 0.304 e. The van der Waals surface area contributed by atoms with Crippen molar-refractivity contribution in [3.63, 3.8) is 0 Å². The molecule has 0 bridgehead atoms. The minimum absolute atomic E-state index is 0.322. The Bertz CT molecular complexity index is 644. The van der Waals surface area contributed by atoms with Crippen molar-refractivity contribution in [1.82, 2.24) is 0 Å². The van der Waals surface area contributed by atoms with E-state index < -0.39 is 18.0 Å². The van der Waals surface area contributed by atoms with Crippen molar-refractivity contribution in [3.8, 4) is 11.1 Å². The highest BCUT2D eigenvalue weighted by Gasteiger charge is 2.16. The van der Waals surface area contributed by atoms with Crippen LogP contribution in [-0.4, -0.2) is 5.97 Å². The molecule has 0 fully saturated rings. The van der Waals surface area contributed by atoms with Crippen molar-refractivity contribution < 1.29 is 13.9 Å². The summed E-state index contributed by atoms with van der Waals surface area (Å²) in [5.74, 6) is -0.915. The molecule has 0 radical (unpaired) electrons. The Morgan fingerprint density at radius 1 is 1.20 bits per heavy atom. The summed E-state index contributed by atoms with van der Waals surface area (Å²) < 4.78 is 18.9. The molecule has 4 N–H and O–H groups in total. The van der Waals surface area contributed by atoms with Gasteiger partial charge in [-0.15, -0.1) is 0 Å². The summed E-state index contributed by atoms with van der Waals surface area (Å²) in [5.41, 5.74) is 13.3. The molecule has 0 aliphatic rings. The summed E-state index contributed by atoms with van der Waals surface area (Å²) in [6.45, 7) is 1.27. The lowest BCUT2D eigenvalue weighted by molar-refractivity contribution is -0.146. The van der Waals surface area contributed by atoms with Gasteiger partial charge in [0.1, 0.15) is 5.82 Å². The van der Waals surface area contributed by atoms with Crippen LogP contribution in [0.1, 0.15) is 18.7 Å². The summed E-state index contributed by atoms with van der Waals surface area (Å²) >= 11 is 0. The maximum absolute atomic E-state index is 14.0. The zero-order valence-electron chi connectivity index (χ0n) is 11.0. The zero-order valence-corrected chi connectivity index (χ0v) is 11.0. The summed E-state index contributed by atoms with van der Waals surface area (Å²) in [7, 11) is 0. The standard InChI is InChI=1S/C15H15FN2O2/c1-9(19)20-15(18)12-5-3-2-4-11(12)13-8-10(17)6-7-14(13)16/h2-8,15H,17-18H2,1H3. The first kappa shape index (κ1) is 14.0. The lowest BCUT2D eigenvalue weighted by atomic mass is 9.98. The second-order valence-electron chi connectivity index (χ2n) is 4.36. The first-order valence-electron chi connectivity index (χ1n) is 6.06. The number of nitrogen functional groups attached to an aromatic ring is 1. The van der Waals surface area contributed by atoms with E-state index in [1.54, 1.807) is 24.3 Å². The molecule has 2 rings (SSSR count). The number of benzene rings is 2. The van der Waals surface area contributed by atoms with Gasteiger partial charge in [-0.2, -0.15) is 0 Å².